The minimum Gasteiger partial charge on any atom is -0.455 e. The fourth-order valence-corrected chi connectivity index (χ4v) is 9.75. The summed E-state index contributed by atoms with van der Waals surface area (Å²) in [7, 11) is 0. The number of para-hydroxylation sites is 4. The SMILES string of the molecule is CC1(C)c2ccccc2-c2c1n(-c1ccc(-c3cccc4c3oc3ccccc34)cc1)c1ccc(-c3ccc4c(c3)c3ccccc3n4-c3ccccc3)cc21. The maximum atomic E-state index is 6.43. The lowest BCUT2D eigenvalue weighted by Crippen LogP contribution is -2.19. The van der Waals surface area contributed by atoms with Crippen molar-refractivity contribution < 1.29 is 4.42 Å². The molecule has 11 aromatic rings. The van der Waals surface area contributed by atoms with Crippen LogP contribution in [0, 0.1) is 0 Å². The van der Waals surface area contributed by atoms with Crippen LogP contribution >= 0.6 is 0 Å². The Morgan fingerprint density at radius 1 is 0.411 bits per heavy atom. The van der Waals surface area contributed by atoms with E-state index in [0.29, 0.717) is 0 Å². The van der Waals surface area contributed by atoms with Crippen molar-refractivity contribution in [3.05, 3.63) is 193 Å². The predicted molar refractivity (Wildman–Crippen MR) is 233 cm³/mol. The van der Waals surface area contributed by atoms with E-state index >= 15 is 0 Å². The van der Waals surface area contributed by atoms with Crippen molar-refractivity contribution in [2.24, 2.45) is 0 Å². The number of fused-ring (bicyclic) bond motifs is 11. The molecule has 3 aromatic heterocycles. The third kappa shape index (κ3) is 4.28. The molecule has 0 N–H and O–H groups in total. The molecule has 0 saturated heterocycles. The summed E-state index contributed by atoms with van der Waals surface area (Å²) in [6.45, 7) is 4.75. The highest BCUT2D eigenvalue weighted by molar-refractivity contribution is 6.12. The lowest BCUT2D eigenvalue weighted by Gasteiger charge is -2.24. The highest BCUT2D eigenvalue weighted by Gasteiger charge is 2.40. The minimum absolute atomic E-state index is 0.193. The van der Waals surface area contributed by atoms with E-state index < -0.39 is 0 Å². The second-order valence-corrected chi connectivity index (χ2v) is 15.7. The van der Waals surface area contributed by atoms with E-state index in [1.807, 2.05) is 12.1 Å². The molecule has 0 unspecified atom stereocenters. The van der Waals surface area contributed by atoms with Gasteiger partial charge in [-0.2, -0.15) is 0 Å². The zero-order valence-corrected chi connectivity index (χ0v) is 31.1. The first-order chi connectivity index (χ1) is 27.5. The Labute approximate surface area is 324 Å². The molecule has 0 bridgehead atoms. The fourth-order valence-electron chi connectivity index (χ4n) is 9.75. The second kappa shape index (κ2) is 11.5. The summed E-state index contributed by atoms with van der Waals surface area (Å²) in [4.78, 5) is 0. The monoisotopic (exact) mass is 716 g/mol. The average molecular weight is 717 g/mol. The molecule has 1 aliphatic carbocycles. The minimum atomic E-state index is -0.193. The number of aromatic nitrogens is 2. The average Bonchev–Trinajstić information content (AvgIpc) is 3.97. The Bertz CT molecular complexity index is 3370. The second-order valence-electron chi connectivity index (χ2n) is 15.7. The Morgan fingerprint density at radius 3 is 1.82 bits per heavy atom. The molecule has 264 valence electrons. The molecular weight excluding hydrogens is 681 g/mol. The van der Waals surface area contributed by atoms with Crippen molar-refractivity contribution in [3.8, 4) is 44.8 Å². The Morgan fingerprint density at radius 2 is 1.00 bits per heavy atom. The normalized spacial score (nSPS) is 13.3. The Balaban J connectivity index is 1.04. The first-order valence-corrected chi connectivity index (χ1v) is 19.4. The van der Waals surface area contributed by atoms with Gasteiger partial charge in [-0.1, -0.05) is 135 Å². The molecule has 3 heterocycles. The maximum absolute atomic E-state index is 6.43. The van der Waals surface area contributed by atoms with Crippen LogP contribution in [0.2, 0.25) is 0 Å². The molecule has 12 rings (SSSR count). The van der Waals surface area contributed by atoms with Gasteiger partial charge >= 0.3 is 0 Å². The molecule has 3 heteroatoms. The summed E-state index contributed by atoms with van der Waals surface area (Å²) >= 11 is 0. The lowest BCUT2D eigenvalue weighted by molar-refractivity contribution is 0.624. The van der Waals surface area contributed by atoms with Crippen molar-refractivity contribution in [1.82, 2.24) is 9.13 Å². The summed E-state index contributed by atoms with van der Waals surface area (Å²) in [5, 5.41) is 6.09. The summed E-state index contributed by atoms with van der Waals surface area (Å²) in [5.41, 5.74) is 17.7. The molecule has 0 saturated carbocycles. The van der Waals surface area contributed by atoms with Gasteiger partial charge < -0.3 is 13.6 Å². The molecule has 1 aliphatic rings. The molecular formula is C53H36N2O. The van der Waals surface area contributed by atoms with Crippen molar-refractivity contribution >= 4 is 54.6 Å². The van der Waals surface area contributed by atoms with Crippen molar-refractivity contribution in [3.63, 3.8) is 0 Å². The van der Waals surface area contributed by atoms with E-state index in [9.17, 15) is 0 Å². The lowest BCUT2D eigenvalue weighted by atomic mass is 9.85. The van der Waals surface area contributed by atoms with Crippen LogP contribution in [0.3, 0.4) is 0 Å². The highest BCUT2D eigenvalue weighted by atomic mass is 16.3. The van der Waals surface area contributed by atoms with Gasteiger partial charge in [-0.3, -0.25) is 0 Å². The molecule has 0 spiro atoms. The Hall–Kier alpha value is -7.10. The predicted octanol–water partition coefficient (Wildman–Crippen LogP) is 14.3. The highest BCUT2D eigenvalue weighted by Crippen LogP contribution is 2.54. The molecule has 56 heavy (non-hydrogen) atoms. The van der Waals surface area contributed by atoms with Crippen LogP contribution in [-0.4, -0.2) is 9.13 Å². The molecule has 0 amide bonds. The number of hydrogen-bond donors (Lipinski definition) is 0. The Kier molecular flexibility index (Phi) is 6.40. The number of furan rings is 1. The van der Waals surface area contributed by atoms with E-state index in [4.69, 9.17) is 4.42 Å². The molecule has 0 aliphatic heterocycles. The topological polar surface area (TPSA) is 23.0 Å². The zero-order valence-electron chi connectivity index (χ0n) is 31.1. The first kappa shape index (κ1) is 31.3. The summed E-state index contributed by atoms with van der Waals surface area (Å²) in [6, 6.07) is 66.3. The molecule has 3 nitrogen and oxygen atoms in total. The van der Waals surface area contributed by atoms with Gasteiger partial charge in [-0.25, -0.2) is 0 Å². The largest absolute Gasteiger partial charge is 0.455 e. The maximum Gasteiger partial charge on any atom is 0.143 e. The van der Waals surface area contributed by atoms with Crippen LogP contribution in [0.4, 0.5) is 0 Å². The van der Waals surface area contributed by atoms with Gasteiger partial charge in [0.15, 0.2) is 0 Å². The van der Waals surface area contributed by atoms with E-state index in [1.165, 1.54) is 71.9 Å². The molecule has 0 radical (unpaired) electrons. The molecule has 0 atom stereocenters. The number of benzene rings is 8. The fraction of sp³-hybridized carbons (Fsp3) is 0.0566. The van der Waals surface area contributed by atoms with Gasteiger partial charge in [0, 0.05) is 60.5 Å². The third-order valence-corrected chi connectivity index (χ3v) is 12.3. The number of hydrogen-bond acceptors (Lipinski definition) is 1. The van der Waals surface area contributed by atoms with E-state index in [1.54, 1.807) is 0 Å². The van der Waals surface area contributed by atoms with Gasteiger partial charge in [0.05, 0.1) is 16.6 Å². The van der Waals surface area contributed by atoms with Crippen LogP contribution in [0.25, 0.3) is 99.4 Å². The van der Waals surface area contributed by atoms with Crippen molar-refractivity contribution in [2.45, 2.75) is 19.3 Å². The molecule has 0 fully saturated rings. The van der Waals surface area contributed by atoms with E-state index in [2.05, 4.69) is 193 Å². The van der Waals surface area contributed by atoms with Gasteiger partial charge in [0.25, 0.3) is 0 Å². The van der Waals surface area contributed by atoms with Crippen molar-refractivity contribution in [1.29, 1.82) is 0 Å². The van der Waals surface area contributed by atoms with Crippen LogP contribution in [0.5, 0.6) is 0 Å². The molecule has 8 aromatic carbocycles. The van der Waals surface area contributed by atoms with E-state index in [0.717, 1.165) is 38.8 Å². The van der Waals surface area contributed by atoms with Crippen LogP contribution in [-0.2, 0) is 5.41 Å². The summed E-state index contributed by atoms with van der Waals surface area (Å²) in [6.07, 6.45) is 0. The number of rotatable bonds is 4. The number of nitrogens with zero attached hydrogens (tertiary/aromatic N) is 2. The van der Waals surface area contributed by atoms with Crippen molar-refractivity contribution in [2.75, 3.05) is 0 Å². The van der Waals surface area contributed by atoms with Gasteiger partial charge in [0.2, 0.25) is 0 Å². The van der Waals surface area contributed by atoms with Gasteiger partial charge in [-0.05, 0) is 88.5 Å². The zero-order chi connectivity index (χ0) is 37.1. The summed E-state index contributed by atoms with van der Waals surface area (Å²) < 4.78 is 11.3. The van der Waals surface area contributed by atoms with Crippen LogP contribution in [0.15, 0.2) is 186 Å². The first-order valence-electron chi connectivity index (χ1n) is 19.4. The van der Waals surface area contributed by atoms with Gasteiger partial charge in [-0.15, -0.1) is 0 Å². The standard InChI is InChI=1S/C53H36N2O/c1-53(2)45-20-9-6-17-42(45)50-44-32-35(34-25-29-47-43(31-34)39-15-7-10-21-46(39)54(47)36-13-4-3-5-14-36)26-30-48(44)55(52(50)53)37-27-23-33(24-28-37)38-18-12-19-41-40-16-8-11-22-49(40)56-51(38)41/h3-32H,1-2H3. The summed E-state index contributed by atoms with van der Waals surface area (Å²) in [5.74, 6) is 0. The quantitative estimate of drug-likeness (QED) is 0.178. The third-order valence-electron chi connectivity index (χ3n) is 12.3. The van der Waals surface area contributed by atoms with Crippen LogP contribution in [0.1, 0.15) is 25.1 Å². The smallest absolute Gasteiger partial charge is 0.143 e. The van der Waals surface area contributed by atoms with Crippen LogP contribution < -0.4 is 0 Å². The van der Waals surface area contributed by atoms with E-state index in [-0.39, 0.29) is 5.41 Å². The van der Waals surface area contributed by atoms with Gasteiger partial charge in [0.1, 0.15) is 11.2 Å².